The predicted octanol–water partition coefficient (Wildman–Crippen LogP) is 4.44. The number of anilines is 1. The number of rotatable bonds is 3. The van der Waals surface area contributed by atoms with Crippen LogP contribution in [0.4, 0.5) is 5.69 Å². The summed E-state index contributed by atoms with van der Waals surface area (Å²) in [5.74, 6) is 0. The Morgan fingerprint density at radius 3 is 2.65 bits per heavy atom. The summed E-state index contributed by atoms with van der Waals surface area (Å²) in [5, 5.41) is 0.276. The fourth-order valence-corrected chi connectivity index (χ4v) is 3.96. The molecule has 1 aromatic rings. The molecule has 0 spiro atoms. The van der Waals surface area contributed by atoms with Crippen molar-refractivity contribution >= 4 is 29.9 Å². The van der Waals surface area contributed by atoms with Crippen molar-refractivity contribution in [2.45, 2.75) is 51.4 Å². The van der Waals surface area contributed by atoms with Crippen LogP contribution in [0.25, 0.3) is 0 Å². The van der Waals surface area contributed by atoms with Gasteiger partial charge in [0.15, 0.2) is 8.32 Å². The molecule has 1 saturated heterocycles. The molecule has 2 rings (SSSR count). The summed E-state index contributed by atoms with van der Waals surface area (Å²) >= 11 is 3.49. The van der Waals surface area contributed by atoms with Crippen LogP contribution in [0.3, 0.4) is 0 Å². The second-order valence-corrected chi connectivity index (χ2v) is 12.8. The molecule has 1 aliphatic heterocycles. The number of nitrogens with zero attached hydrogens (tertiary/aromatic N) is 2. The molecule has 0 aromatic carbocycles. The average Bonchev–Trinajstić information content (AvgIpc) is 2.75. The fraction of sp³-hybridized carbons (Fsp3) is 0.667. The molecule has 0 N–H and O–H groups in total. The maximum atomic E-state index is 6.51. The summed E-state index contributed by atoms with van der Waals surface area (Å²) in [6, 6.07) is 2.13. The largest absolute Gasteiger partial charge is 0.412 e. The van der Waals surface area contributed by atoms with Crippen LogP contribution < -0.4 is 4.90 Å². The molecule has 1 atom stereocenters. The molecular formula is C15H25BrN2OSi. The first-order chi connectivity index (χ1) is 9.19. The van der Waals surface area contributed by atoms with E-state index in [9.17, 15) is 0 Å². The number of hydrogen-bond acceptors (Lipinski definition) is 3. The molecule has 2 heterocycles. The van der Waals surface area contributed by atoms with Crippen molar-refractivity contribution < 1.29 is 4.43 Å². The zero-order chi connectivity index (χ0) is 15.0. The molecule has 0 aliphatic carbocycles. The molecule has 0 amide bonds. The van der Waals surface area contributed by atoms with Crippen molar-refractivity contribution in [1.82, 2.24) is 4.98 Å². The molecule has 0 radical (unpaired) electrons. The summed E-state index contributed by atoms with van der Waals surface area (Å²) in [5.41, 5.74) is 1.18. The van der Waals surface area contributed by atoms with Crippen LogP contribution in [0.15, 0.2) is 22.9 Å². The average molecular weight is 357 g/mol. The predicted molar refractivity (Wildman–Crippen MR) is 90.8 cm³/mol. The first kappa shape index (κ1) is 16.0. The van der Waals surface area contributed by atoms with Gasteiger partial charge in [0.25, 0.3) is 0 Å². The lowest BCUT2D eigenvalue weighted by Crippen LogP contribution is -2.44. The van der Waals surface area contributed by atoms with Gasteiger partial charge < -0.3 is 9.33 Å². The third-order valence-corrected chi connectivity index (χ3v) is 9.44. The lowest BCUT2D eigenvalue weighted by molar-refractivity contribution is 0.202. The SMILES string of the molecule is CC(C)(C)[Si](C)(C)O[C@@H]1CCN(c2cncc(Br)c2)C1. The number of pyridine rings is 1. The summed E-state index contributed by atoms with van der Waals surface area (Å²) in [6.45, 7) is 13.6. The quantitative estimate of drug-likeness (QED) is 0.748. The Morgan fingerprint density at radius 1 is 1.35 bits per heavy atom. The molecule has 3 nitrogen and oxygen atoms in total. The second kappa shape index (κ2) is 5.77. The Balaban J connectivity index is 2.00. The van der Waals surface area contributed by atoms with Crippen molar-refractivity contribution in [3.05, 3.63) is 22.9 Å². The van der Waals surface area contributed by atoms with Crippen LogP contribution in [0.5, 0.6) is 0 Å². The zero-order valence-corrected chi connectivity index (χ0v) is 15.7. The van der Waals surface area contributed by atoms with Crippen molar-refractivity contribution in [1.29, 1.82) is 0 Å². The summed E-state index contributed by atoms with van der Waals surface area (Å²) in [6.07, 6.45) is 5.22. The van der Waals surface area contributed by atoms with Crippen LogP contribution in [0.2, 0.25) is 18.1 Å². The first-order valence-corrected chi connectivity index (χ1v) is 10.9. The van der Waals surface area contributed by atoms with E-state index >= 15 is 0 Å². The van der Waals surface area contributed by atoms with Gasteiger partial charge in [-0.3, -0.25) is 4.98 Å². The number of aromatic nitrogens is 1. The maximum Gasteiger partial charge on any atom is 0.192 e. The van der Waals surface area contributed by atoms with Crippen LogP contribution in [-0.2, 0) is 4.43 Å². The number of halogens is 1. The molecule has 112 valence electrons. The zero-order valence-electron chi connectivity index (χ0n) is 13.1. The molecule has 1 aliphatic rings. The van der Waals surface area contributed by atoms with Gasteiger partial charge >= 0.3 is 0 Å². The summed E-state index contributed by atoms with van der Waals surface area (Å²) in [7, 11) is -1.66. The van der Waals surface area contributed by atoms with E-state index in [4.69, 9.17) is 4.43 Å². The van der Waals surface area contributed by atoms with E-state index in [-0.39, 0.29) is 5.04 Å². The lowest BCUT2D eigenvalue weighted by Gasteiger charge is -2.38. The third kappa shape index (κ3) is 3.62. The van der Waals surface area contributed by atoms with E-state index < -0.39 is 8.32 Å². The van der Waals surface area contributed by atoms with E-state index in [1.807, 2.05) is 12.4 Å². The van der Waals surface area contributed by atoms with Gasteiger partial charge in [0.1, 0.15) is 0 Å². The van der Waals surface area contributed by atoms with E-state index in [1.54, 1.807) is 0 Å². The van der Waals surface area contributed by atoms with Gasteiger partial charge in [-0.05, 0) is 46.5 Å². The number of hydrogen-bond donors (Lipinski definition) is 0. The molecular weight excluding hydrogens is 332 g/mol. The van der Waals surface area contributed by atoms with Crippen LogP contribution >= 0.6 is 15.9 Å². The minimum Gasteiger partial charge on any atom is -0.412 e. The Hall–Kier alpha value is -0.393. The maximum absolute atomic E-state index is 6.51. The molecule has 0 bridgehead atoms. The van der Waals surface area contributed by atoms with E-state index in [1.165, 1.54) is 5.69 Å². The highest BCUT2D eigenvalue weighted by Crippen LogP contribution is 2.38. The van der Waals surface area contributed by atoms with Crippen molar-refractivity contribution in [3.8, 4) is 0 Å². The van der Waals surface area contributed by atoms with E-state index in [0.717, 1.165) is 24.0 Å². The molecule has 0 saturated carbocycles. The Kier molecular flexibility index (Phi) is 4.62. The summed E-state index contributed by atoms with van der Waals surface area (Å²) in [4.78, 5) is 6.62. The van der Waals surface area contributed by atoms with Crippen LogP contribution in [-0.4, -0.2) is 32.5 Å². The highest BCUT2D eigenvalue weighted by Gasteiger charge is 2.40. The van der Waals surface area contributed by atoms with Crippen molar-refractivity contribution in [2.24, 2.45) is 0 Å². The van der Waals surface area contributed by atoms with E-state index in [0.29, 0.717) is 6.10 Å². The normalized spacial score (nSPS) is 20.5. The minimum atomic E-state index is -1.66. The Labute approximate surface area is 132 Å². The van der Waals surface area contributed by atoms with Crippen LogP contribution in [0.1, 0.15) is 27.2 Å². The first-order valence-electron chi connectivity index (χ1n) is 7.22. The molecule has 1 aromatic heterocycles. The summed E-state index contributed by atoms with van der Waals surface area (Å²) < 4.78 is 7.54. The molecule has 20 heavy (non-hydrogen) atoms. The molecule has 1 fully saturated rings. The highest BCUT2D eigenvalue weighted by molar-refractivity contribution is 9.10. The van der Waals surface area contributed by atoms with E-state index in [2.05, 4.69) is 65.7 Å². The van der Waals surface area contributed by atoms with Gasteiger partial charge in [-0.25, -0.2) is 0 Å². The van der Waals surface area contributed by atoms with Gasteiger partial charge in [-0.15, -0.1) is 0 Å². The second-order valence-electron chi connectivity index (χ2n) is 7.10. The van der Waals surface area contributed by atoms with Gasteiger partial charge in [-0.2, -0.15) is 0 Å². The minimum absolute atomic E-state index is 0.276. The Morgan fingerprint density at radius 2 is 2.05 bits per heavy atom. The monoisotopic (exact) mass is 356 g/mol. The lowest BCUT2D eigenvalue weighted by atomic mass is 10.2. The van der Waals surface area contributed by atoms with Gasteiger partial charge in [-0.1, -0.05) is 20.8 Å². The van der Waals surface area contributed by atoms with Gasteiger partial charge in [0.05, 0.1) is 18.0 Å². The van der Waals surface area contributed by atoms with Crippen LogP contribution in [0, 0.1) is 0 Å². The highest BCUT2D eigenvalue weighted by atomic mass is 79.9. The van der Waals surface area contributed by atoms with Gasteiger partial charge in [0.2, 0.25) is 0 Å². The fourth-order valence-electron chi connectivity index (χ4n) is 2.23. The topological polar surface area (TPSA) is 25.4 Å². The standard InChI is InChI=1S/C15H25BrN2OSi/c1-15(2,3)20(4,5)19-14-6-7-18(11-14)13-8-12(16)9-17-10-13/h8-10,14H,6-7,11H2,1-5H3/t14-/m1/s1. The van der Waals surface area contributed by atoms with Crippen molar-refractivity contribution in [2.75, 3.05) is 18.0 Å². The molecule has 5 heteroatoms. The van der Waals surface area contributed by atoms with Gasteiger partial charge in [0, 0.05) is 23.8 Å². The Bertz CT molecular complexity index is 473. The third-order valence-electron chi connectivity index (χ3n) is 4.47. The van der Waals surface area contributed by atoms with Crippen molar-refractivity contribution in [3.63, 3.8) is 0 Å². The smallest absolute Gasteiger partial charge is 0.192 e. The molecule has 0 unspecified atom stereocenters.